The molecule has 0 unspecified atom stereocenters. The van der Waals surface area contributed by atoms with Crippen molar-refractivity contribution in [2.45, 2.75) is 11.4 Å². The second kappa shape index (κ2) is 9.09. The minimum Gasteiger partial charge on any atom is -0.486 e. The third-order valence-corrected chi connectivity index (χ3v) is 5.80. The van der Waals surface area contributed by atoms with Gasteiger partial charge in [0.2, 0.25) is 15.9 Å². The molecule has 9 nitrogen and oxygen atoms in total. The molecule has 1 aliphatic heterocycles. The Balaban J connectivity index is 1.83. The van der Waals surface area contributed by atoms with E-state index < -0.39 is 15.9 Å². The number of amides is 1. The molecule has 0 bridgehead atoms. The molecule has 1 amide bonds. The molecule has 28 heavy (non-hydrogen) atoms. The number of carbonyl (C=O) groups excluding carboxylic acids is 1. The fourth-order valence-corrected chi connectivity index (χ4v) is 4.02. The van der Waals surface area contributed by atoms with E-state index in [-0.39, 0.29) is 24.5 Å². The lowest BCUT2D eigenvalue weighted by Gasteiger charge is -2.23. The van der Waals surface area contributed by atoms with E-state index in [1.807, 2.05) is 0 Å². The molecule has 0 spiro atoms. The predicted octanol–water partition coefficient (Wildman–Crippen LogP) is 1.00. The van der Waals surface area contributed by atoms with E-state index in [4.69, 9.17) is 18.6 Å². The first kappa shape index (κ1) is 20.2. The summed E-state index contributed by atoms with van der Waals surface area (Å²) in [6.07, 6.45) is 1.45. The first-order valence-corrected chi connectivity index (χ1v) is 10.1. The Labute approximate surface area is 163 Å². The average molecular weight is 410 g/mol. The highest BCUT2D eigenvalue weighted by atomic mass is 32.2. The van der Waals surface area contributed by atoms with Gasteiger partial charge in [0.1, 0.15) is 19.0 Å². The van der Waals surface area contributed by atoms with Crippen molar-refractivity contribution in [3.63, 3.8) is 0 Å². The second-order valence-electron chi connectivity index (χ2n) is 6.00. The summed E-state index contributed by atoms with van der Waals surface area (Å²) >= 11 is 0. The van der Waals surface area contributed by atoms with Crippen LogP contribution in [0.5, 0.6) is 11.5 Å². The van der Waals surface area contributed by atoms with Crippen molar-refractivity contribution in [3.05, 3.63) is 42.4 Å². The Kier molecular flexibility index (Phi) is 6.55. The lowest BCUT2D eigenvalue weighted by atomic mass is 10.3. The number of nitrogens with one attached hydrogen (secondary N) is 1. The molecule has 0 atom stereocenters. The van der Waals surface area contributed by atoms with E-state index in [9.17, 15) is 13.2 Å². The first-order valence-electron chi connectivity index (χ1n) is 8.68. The summed E-state index contributed by atoms with van der Waals surface area (Å²) in [5, 5.41) is 2.62. The zero-order valence-corrected chi connectivity index (χ0v) is 16.2. The molecule has 10 heteroatoms. The van der Waals surface area contributed by atoms with Crippen molar-refractivity contribution in [2.75, 3.05) is 40.0 Å². The van der Waals surface area contributed by atoms with E-state index in [1.54, 1.807) is 18.2 Å². The van der Waals surface area contributed by atoms with Crippen LogP contribution >= 0.6 is 0 Å². The summed E-state index contributed by atoms with van der Waals surface area (Å²) in [5.74, 6) is 0.824. The number of furan rings is 1. The summed E-state index contributed by atoms with van der Waals surface area (Å²) < 4.78 is 48.5. The molecular weight excluding hydrogens is 388 g/mol. The molecule has 0 saturated carbocycles. The summed E-state index contributed by atoms with van der Waals surface area (Å²) in [5.41, 5.74) is 0. The van der Waals surface area contributed by atoms with Gasteiger partial charge in [-0.15, -0.1) is 0 Å². The van der Waals surface area contributed by atoms with Gasteiger partial charge in [0.05, 0.1) is 30.9 Å². The molecular formula is C18H22N2O7S. The normalized spacial score (nSPS) is 13.5. The minimum atomic E-state index is -3.99. The maximum Gasteiger partial charge on any atom is 0.244 e. The number of benzene rings is 1. The maximum absolute atomic E-state index is 13.2. The molecule has 3 rings (SSSR count). The third-order valence-electron chi connectivity index (χ3n) is 4.01. The number of rotatable bonds is 9. The standard InChI is InChI=1S/C18H22N2O7S/c1-24-8-6-19-18(21)13-20(12-14-3-2-7-25-14)28(22,23)15-4-5-16-17(11-15)27-10-9-26-16/h2-5,7,11H,6,8-10,12-13H2,1H3,(H,19,21). The van der Waals surface area contributed by atoms with E-state index in [1.165, 1.54) is 25.5 Å². The van der Waals surface area contributed by atoms with Crippen molar-refractivity contribution in [2.24, 2.45) is 0 Å². The van der Waals surface area contributed by atoms with Crippen LogP contribution in [0, 0.1) is 0 Å². The van der Waals surface area contributed by atoms with Gasteiger partial charge in [-0.05, 0) is 24.3 Å². The number of sulfonamides is 1. The largest absolute Gasteiger partial charge is 0.486 e. The Morgan fingerprint density at radius 3 is 2.71 bits per heavy atom. The van der Waals surface area contributed by atoms with Gasteiger partial charge >= 0.3 is 0 Å². The van der Waals surface area contributed by atoms with Gasteiger partial charge in [0.25, 0.3) is 0 Å². The monoisotopic (exact) mass is 410 g/mol. The van der Waals surface area contributed by atoms with Gasteiger partial charge in [-0.1, -0.05) is 0 Å². The van der Waals surface area contributed by atoms with Crippen LogP contribution in [-0.2, 0) is 26.1 Å². The molecule has 152 valence electrons. The van der Waals surface area contributed by atoms with Crippen molar-refractivity contribution in [1.82, 2.24) is 9.62 Å². The van der Waals surface area contributed by atoms with Gasteiger partial charge in [-0.2, -0.15) is 4.31 Å². The summed E-state index contributed by atoms with van der Waals surface area (Å²) in [6, 6.07) is 7.69. The highest BCUT2D eigenvalue weighted by Gasteiger charge is 2.29. The molecule has 2 heterocycles. The number of methoxy groups -OCH3 is 1. The zero-order chi connectivity index (χ0) is 20.0. The van der Waals surface area contributed by atoms with Crippen molar-refractivity contribution < 1.29 is 31.8 Å². The SMILES string of the molecule is COCCNC(=O)CN(Cc1ccco1)S(=O)(=O)c1ccc2c(c1)OCCO2. The van der Waals surface area contributed by atoms with E-state index >= 15 is 0 Å². The third kappa shape index (κ3) is 4.83. The van der Waals surface area contributed by atoms with Gasteiger partial charge in [0, 0.05) is 19.7 Å². The van der Waals surface area contributed by atoms with Crippen molar-refractivity contribution in [3.8, 4) is 11.5 Å². The summed E-state index contributed by atoms with van der Waals surface area (Å²) in [6.45, 7) is 0.926. The Bertz CT molecular complexity index is 897. The quantitative estimate of drug-likeness (QED) is 0.615. The Hall–Kier alpha value is -2.56. The summed E-state index contributed by atoms with van der Waals surface area (Å²) in [7, 11) is -2.48. The molecule has 0 saturated heterocycles. The van der Waals surface area contributed by atoms with Crippen molar-refractivity contribution in [1.29, 1.82) is 0 Å². The van der Waals surface area contributed by atoms with Crippen LogP contribution < -0.4 is 14.8 Å². The van der Waals surface area contributed by atoms with Gasteiger partial charge in [-0.25, -0.2) is 8.42 Å². The maximum atomic E-state index is 13.2. The van der Waals surface area contributed by atoms with Gasteiger partial charge in [-0.3, -0.25) is 4.79 Å². The molecule has 1 aromatic heterocycles. The van der Waals surface area contributed by atoms with Crippen LogP contribution in [0.25, 0.3) is 0 Å². The van der Waals surface area contributed by atoms with Gasteiger partial charge < -0.3 is 23.9 Å². The molecule has 0 radical (unpaired) electrons. The number of ether oxygens (including phenoxy) is 3. The summed E-state index contributed by atoms with van der Waals surface area (Å²) in [4.78, 5) is 12.2. The topological polar surface area (TPSA) is 107 Å². The van der Waals surface area contributed by atoms with Crippen LogP contribution in [0.2, 0.25) is 0 Å². The Morgan fingerprint density at radius 1 is 1.21 bits per heavy atom. The number of hydrogen-bond donors (Lipinski definition) is 1. The van der Waals surface area contributed by atoms with Crippen LogP contribution in [0.1, 0.15) is 5.76 Å². The number of fused-ring (bicyclic) bond motifs is 1. The lowest BCUT2D eigenvalue weighted by Crippen LogP contribution is -2.41. The minimum absolute atomic E-state index is 0.00741. The molecule has 0 aliphatic carbocycles. The molecule has 1 aliphatic rings. The molecule has 1 aromatic carbocycles. The van der Waals surface area contributed by atoms with Crippen LogP contribution in [0.4, 0.5) is 0 Å². The first-order chi connectivity index (χ1) is 13.5. The number of hydrogen-bond acceptors (Lipinski definition) is 7. The van der Waals surface area contributed by atoms with Crippen LogP contribution in [-0.4, -0.2) is 58.7 Å². The Morgan fingerprint density at radius 2 is 2.00 bits per heavy atom. The van der Waals surface area contributed by atoms with Crippen LogP contribution in [0.15, 0.2) is 45.9 Å². The molecule has 2 aromatic rings. The average Bonchev–Trinajstić information content (AvgIpc) is 3.20. The van der Waals surface area contributed by atoms with Crippen LogP contribution in [0.3, 0.4) is 0 Å². The molecule has 0 fully saturated rings. The zero-order valence-electron chi connectivity index (χ0n) is 15.4. The smallest absolute Gasteiger partial charge is 0.244 e. The lowest BCUT2D eigenvalue weighted by molar-refractivity contribution is -0.121. The van der Waals surface area contributed by atoms with Crippen molar-refractivity contribution >= 4 is 15.9 Å². The second-order valence-corrected chi connectivity index (χ2v) is 7.94. The van der Waals surface area contributed by atoms with E-state index in [2.05, 4.69) is 5.32 Å². The van der Waals surface area contributed by atoms with E-state index in [0.29, 0.717) is 37.1 Å². The van der Waals surface area contributed by atoms with E-state index in [0.717, 1.165) is 4.31 Å². The fourth-order valence-electron chi connectivity index (χ4n) is 2.64. The number of nitrogens with zero attached hydrogens (tertiary/aromatic N) is 1. The fraction of sp³-hybridized carbons (Fsp3) is 0.389. The van der Waals surface area contributed by atoms with Gasteiger partial charge in [0.15, 0.2) is 11.5 Å². The highest BCUT2D eigenvalue weighted by molar-refractivity contribution is 7.89. The number of carbonyl (C=O) groups is 1. The molecule has 1 N–H and O–H groups in total. The highest BCUT2D eigenvalue weighted by Crippen LogP contribution is 2.33. The predicted molar refractivity (Wildman–Crippen MR) is 98.6 cm³/mol.